The van der Waals surface area contributed by atoms with E-state index in [1.54, 1.807) is 0 Å². The van der Waals surface area contributed by atoms with E-state index < -0.39 is 0 Å². The van der Waals surface area contributed by atoms with Crippen LogP contribution >= 0.6 is 15.9 Å². The van der Waals surface area contributed by atoms with Crippen molar-refractivity contribution >= 4 is 15.9 Å². The van der Waals surface area contributed by atoms with Crippen LogP contribution in [0.2, 0.25) is 0 Å². The second kappa shape index (κ2) is 8.80. The minimum absolute atomic E-state index is 0.398. The van der Waals surface area contributed by atoms with Gasteiger partial charge in [0.2, 0.25) is 0 Å². The van der Waals surface area contributed by atoms with E-state index in [9.17, 15) is 0 Å². The fourth-order valence-electron chi connectivity index (χ4n) is 2.25. The van der Waals surface area contributed by atoms with Crippen LogP contribution in [-0.2, 0) is 6.42 Å². The van der Waals surface area contributed by atoms with Gasteiger partial charge in [0.15, 0.2) is 0 Å². The van der Waals surface area contributed by atoms with Crippen LogP contribution in [0.5, 0.6) is 5.75 Å². The number of ether oxygens (including phenoxy) is 1. The van der Waals surface area contributed by atoms with Crippen molar-refractivity contribution in [2.24, 2.45) is 0 Å². The van der Waals surface area contributed by atoms with Gasteiger partial charge in [-0.25, -0.2) is 0 Å². The van der Waals surface area contributed by atoms with Crippen molar-refractivity contribution in [2.75, 3.05) is 13.2 Å². The van der Waals surface area contributed by atoms with E-state index in [0.29, 0.717) is 12.6 Å². The molecule has 2 rings (SSSR count). The van der Waals surface area contributed by atoms with Crippen molar-refractivity contribution in [3.05, 3.63) is 58.8 Å². The summed E-state index contributed by atoms with van der Waals surface area (Å²) < 4.78 is 6.80. The Balaban J connectivity index is 1.84. The largest absolute Gasteiger partial charge is 0.494 e. The molecule has 0 aliphatic heterocycles. The number of nitrogens with one attached hydrogen (secondary N) is 1. The molecule has 0 fully saturated rings. The molecule has 0 aliphatic carbocycles. The lowest BCUT2D eigenvalue weighted by atomic mass is 10.1. The van der Waals surface area contributed by atoms with E-state index in [1.165, 1.54) is 5.56 Å². The molecule has 3 nitrogen and oxygen atoms in total. The molecule has 0 amide bonds. The van der Waals surface area contributed by atoms with Gasteiger partial charge in [0.25, 0.3) is 0 Å². The Bertz CT molecular complexity index is 533. The van der Waals surface area contributed by atoms with Crippen LogP contribution in [0.1, 0.15) is 18.9 Å². The molecule has 0 aliphatic rings. The van der Waals surface area contributed by atoms with E-state index in [0.717, 1.165) is 29.6 Å². The number of nitrogens with zero attached hydrogens (tertiary/aromatic N) is 1. The number of pyridine rings is 1. The number of likely N-dealkylation sites (N-methyl/N-ethyl adjacent to an activating group) is 1. The van der Waals surface area contributed by atoms with Crippen LogP contribution in [-0.4, -0.2) is 24.2 Å². The summed E-state index contributed by atoms with van der Waals surface area (Å²) in [5.74, 6) is 0.928. The third-order valence-corrected chi connectivity index (χ3v) is 3.65. The van der Waals surface area contributed by atoms with E-state index in [2.05, 4.69) is 39.2 Å². The summed E-state index contributed by atoms with van der Waals surface area (Å²) >= 11 is 3.47. The molecule has 1 aromatic carbocycles. The zero-order valence-corrected chi connectivity index (χ0v) is 13.8. The minimum Gasteiger partial charge on any atom is -0.494 e. The van der Waals surface area contributed by atoms with Gasteiger partial charge >= 0.3 is 0 Å². The summed E-state index contributed by atoms with van der Waals surface area (Å²) in [5, 5.41) is 3.51. The second-order valence-electron chi connectivity index (χ2n) is 4.92. The maximum Gasteiger partial charge on any atom is 0.119 e. The lowest BCUT2D eigenvalue weighted by Gasteiger charge is -2.18. The molecule has 2 aromatic rings. The van der Waals surface area contributed by atoms with Crippen molar-refractivity contribution in [2.45, 2.75) is 25.8 Å². The summed E-state index contributed by atoms with van der Waals surface area (Å²) in [6.45, 7) is 3.80. The Morgan fingerprint density at radius 3 is 2.76 bits per heavy atom. The summed E-state index contributed by atoms with van der Waals surface area (Å²) in [6, 6.07) is 12.5. The fraction of sp³-hybridized carbons (Fsp3) is 0.353. The highest BCUT2D eigenvalue weighted by molar-refractivity contribution is 9.10. The van der Waals surface area contributed by atoms with Gasteiger partial charge in [-0.3, -0.25) is 4.98 Å². The number of halogens is 1. The van der Waals surface area contributed by atoms with Crippen molar-refractivity contribution in [3.63, 3.8) is 0 Å². The topological polar surface area (TPSA) is 34.1 Å². The number of benzene rings is 1. The summed E-state index contributed by atoms with van der Waals surface area (Å²) in [7, 11) is 0. The number of hydrogen-bond acceptors (Lipinski definition) is 3. The molecule has 4 heteroatoms. The van der Waals surface area contributed by atoms with Gasteiger partial charge < -0.3 is 10.1 Å². The van der Waals surface area contributed by atoms with Gasteiger partial charge in [-0.2, -0.15) is 0 Å². The minimum atomic E-state index is 0.398. The lowest BCUT2D eigenvalue weighted by molar-refractivity contribution is 0.285. The van der Waals surface area contributed by atoms with Gasteiger partial charge in [-0.15, -0.1) is 0 Å². The Kier molecular flexibility index (Phi) is 6.70. The molecule has 1 heterocycles. The Hall–Kier alpha value is -1.39. The Morgan fingerprint density at radius 2 is 2.05 bits per heavy atom. The van der Waals surface area contributed by atoms with Crippen molar-refractivity contribution in [1.29, 1.82) is 0 Å². The summed E-state index contributed by atoms with van der Waals surface area (Å²) in [6.07, 6.45) is 5.66. The van der Waals surface area contributed by atoms with Crippen molar-refractivity contribution in [3.8, 4) is 5.75 Å². The molecule has 1 N–H and O–H groups in total. The molecule has 0 saturated heterocycles. The quantitative estimate of drug-likeness (QED) is 0.786. The SMILES string of the molecule is CCNC(CCOc1ccccc1)Cc1cncc(Br)c1. The van der Waals surface area contributed by atoms with Gasteiger partial charge in [-0.05, 0) is 59.1 Å². The molecule has 0 spiro atoms. The van der Waals surface area contributed by atoms with Gasteiger partial charge in [0.1, 0.15) is 5.75 Å². The third-order valence-electron chi connectivity index (χ3n) is 3.21. The Morgan fingerprint density at radius 1 is 1.24 bits per heavy atom. The molecule has 1 atom stereocenters. The molecule has 1 aromatic heterocycles. The normalized spacial score (nSPS) is 12.1. The third kappa shape index (κ3) is 5.86. The standard InChI is InChI=1S/C17H21BrN2O/c1-2-20-16(11-14-10-15(18)13-19-12-14)8-9-21-17-6-4-3-5-7-17/h3-7,10,12-13,16,20H,2,8-9,11H2,1H3. The first-order valence-electron chi connectivity index (χ1n) is 7.28. The average Bonchev–Trinajstić information content (AvgIpc) is 2.48. The highest BCUT2D eigenvalue weighted by atomic mass is 79.9. The van der Waals surface area contributed by atoms with E-state index in [-0.39, 0.29) is 0 Å². The molecular formula is C17H21BrN2O. The number of para-hydroxylation sites is 1. The van der Waals surface area contributed by atoms with E-state index >= 15 is 0 Å². The van der Waals surface area contributed by atoms with Crippen molar-refractivity contribution < 1.29 is 4.74 Å². The van der Waals surface area contributed by atoms with Gasteiger partial charge in [0.05, 0.1) is 6.61 Å². The zero-order chi connectivity index (χ0) is 14.9. The van der Waals surface area contributed by atoms with Crippen LogP contribution in [0, 0.1) is 0 Å². The first-order valence-corrected chi connectivity index (χ1v) is 8.08. The zero-order valence-electron chi connectivity index (χ0n) is 12.3. The average molecular weight is 349 g/mol. The lowest BCUT2D eigenvalue weighted by Crippen LogP contribution is -2.32. The first-order chi connectivity index (χ1) is 10.3. The Labute approximate surface area is 134 Å². The maximum atomic E-state index is 5.78. The van der Waals surface area contributed by atoms with Crippen molar-refractivity contribution in [1.82, 2.24) is 10.3 Å². The highest BCUT2D eigenvalue weighted by Gasteiger charge is 2.09. The summed E-state index contributed by atoms with van der Waals surface area (Å²) in [5.41, 5.74) is 1.23. The monoisotopic (exact) mass is 348 g/mol. The number of hydrogen-bond donors (Lipinski definition) is 1. The first kappa shape index (κ1) is 16.0. The van der Waals surface area contributed by atoms with Crippen LogP contribution in [0.15, 0.2) is 53.3 Å². The van der Waals surface area contributed by atoms with E-state index in [4.69, 9.17) is 4.74 Å². The molecule has 0 bridgehead atoms. The predicted octanol–water partition coefficient (Wildman–Crippen LogP) is 3.83. The molecule has 0 radical (unpaired) electrons. The maximum absolute atomic E-state index is 5.78. The van der Waals surface area contributed by atoms with Gasteiger partial charge in [-0.1, -0.05) is 25.1 Å². The molecule has 0 saturated carbocycles. The van der Waals surface area contributed by atoms with Crippen LogP contribution in [0.25, 0.3) is 0 Å². The molecule has 21 heavy (non-hydrogen) atoms. The number of rotatable bonds is 8. The number of aromatic nitrogens is 1. The van der Waals surface area contributed by atoms with E-state index in [1.807, 2.05) is 42.7 Å². The summed E-state index contributed by atoms with van der Waals surface area (Å²) in [4.78, 5) is 4.22. The second-order valence-corrected chi connectivity index (χ2v) is 5.84. The predicted molar refractivity (Wildman–Crippen MR) is 89.7 cm³/mol. The highest BCUT2D eigenvalue weighted by Crippen LogP contribution is 2.13. The van der Waals surface area contributed by atoms with Crippen LogP contribution < -0.4 is 10.1 Å². The smallest absolute Gasteiger partial charge is 0.119 e. The molecule has 1 unspecified atom stereocenters. The van der Waals surface area contributed by atoms with Gasteiger partial charge in [0, 0.05) is 22.9 Å². The molecule has 112 valence electrons. The fourth-order valence-corrected chi connectivity index (χ4v) is 2.66. The van der Waals surface area contributed by atoms with Crippen LogP contribution in [0.3, 0.4) is 0 Å². The molecular weight excluding hydrogens is 328 g/mol. The van der Waals surface area contributed by atoms with Crippen LogP contribution in [0.4, 0.5) is 0 Å².